The average Bonchev–Trinajstić information content (AvgIpc) is 3.52. The smallest absolute Gasteiger partial charge is 0.405 e. The van der Waals surface area contributed by atoms with Gasteiger partial charge in [-0.1, -0.05) is 32.9 Å². The first kappa shape index (κ1) is 24.0. The maximum Gasteiger partial charge on any atom is 0.405 e. The van der Waals surface area contributed by atoms with Crippen LogP contribution in [-0.2, 0) is 14.4 Å². The highest BCUT2D eigenvalue weighted by Gasteiger charge is 2.59. The van der Waals surface area contributed by atoms with E-state index in [1.807, 2.05) is 0 Å². The molecule has 0 aromatic rings. The molecule has 8 atom stereocenters. The Morgan fingerprint density at radius 3 is 2.56 bits per heavy atom. The summed E-state index contributed by atoms with van der Waals surface area (Å²) in [6.45, 7) is 6.27. The van der Waals surface area contributed by atoms with E-state index in [9.17, 15) is 29.5 Å². The number of fused-ring (bicyclic) bond motifs is 5. The molecule has 2 heterocycles. The van der Waals surface area contributed by atoms with Crippen molar-refractivity contribution in [3.63, 3.8) is 0 Å². The zero-order chi connectivity index (χ0) is 24.8. The van der Waals surface area contributed by atoms with E-state index in [2.05, 4.69) is 34.2 Å². The van der Waals surface area contributed by atoms with Gasteiger partial charge in [0.05, 0.1) is 6.07 Å². The number of hydrogen-bond donors (Lipinski definition) is 4. The van der Waals surface area contributed by atoms with Crippen molar-refractivity contribution in [1.29, 1.82) is 5.26 Å². The highest BCUT2D eigenvalue weighted by Crippen LogP contribution is 2.54. The van der Waals surface area contributed by atoms with Crippen LogP contribution in [0.4, 0.5) is 4.79 Å². The molecule has 0 spiro atoms. The first-order chi connectivity index (χ1) is 16.0. The molecule has 34 heavy (non-hydrogen) atoms. The zero-order valence-electron chi connectivity index (χ0n) is 19.8. The maximum atomic E-state index is 13.7. The Labute approximate surface area is 199 Å². The van der Waals surface area contributed by atoms with Crippen LogP contribution in [0.2, 0.25) is 0 Å². The lowest BCUT2D eigenvalue weighted by atomic mass is 9.81. The van der Waals surface area contributed by atoms with E-state index in [1.54, 1.807) is 20.8 Å². The number of carboxylic acid groups (broad SMARTS) is 1. The SMILES string of the molecule is CC(C)(C)C(NC(=O)O)C(=O)N1C[C@H]2[C@@H]([C@H]1C(=O)N[C@H](C#N)CC1CCNC1=O)[C@H]1C=C[C@@H]2C1. The molecule has 2 unspecified atom stereocenters. The van der Waals surface area contributed by atoms with Crippen LogP contribution in [0.25, 0.3) is 0 Å². The molecule has 10 nitrogen and oxygen atoms in total. The number of amides is 4. The van der Waals surface area contributed by atoms with E-state index in [-0.39, 0.29) is 41.9 Å². The van der Waals surface area contributed by atoms with Crippen molar-refractivity contribution in [1.82, 2.24) is 20.9 Å². The summed E-state index contributed by atoms with van der Waals surface area (Å²) in [5.74, 6) is -0.752. The predicted molar refractivity (Wildman–Crippen MR) is 121 cm³/mol. The van der Waals surface area contributed by atoms with Crippen LogP contribution in [0, 0.1) is 46.3 Å². The normalized spacial score (nSPS) is 33.1. The van der Waals surface area contributed by atoms with E-state index in [4.69, 9.17) is 0 Å². The van der Waals surface area contributed by atoms with Gasteiger partial charge < -0.3 is 26.0 Å². The number of likely N-dealkylation sites (tertiary alicyclic amines) is 1. The molecule has 0 radical (unpaired) electrons. The van der Waals surface area contributed by atoms with E-state index in [1.165, 1.54) is 4.90 Å². The topological polar surface area (TPSA) is 152 Å². The predicted octanol–water partition coefficient (Wildman–Crippen LogP) is 0.852. The fraction of sp³-hybridized carbons (Fsp3) is 0.708. The molecule has 0 aromatic heterocycles. The van der Waals surface area contributed by atoms with Crippen LogP contribution in [-0.4, -0.2) is 65.0 Å². The Kier molecular flexibility index (Phi) is 6.32. The summed E-state index contributed by atoms with van der Waals surface area (Å²) < 4.78 is 0. The minimum Gasteiger partial charge on any atom is -0.465 e. The second-order valence-corrected chi connectivity index (χ2v) is 11.1. The highest BCUT2D eigenvalue weighted by atomic mass is 16.4. The van der Waals surface area contributed by atoms with Crippen molar-refractivity contribution in [3.8, 4) is 6.07 Å². The van der Waals surface area contributed by atoms with E-state index < -0.39 is 41.4 Å². The van der Waals surface area contributed by atoms with Gasteiger partial charge in [0.25, 0.3) is 0 Å². The summed E-state index contributed by atoms with van der Waals surface area (Å²) in [4.78, 5) is 52.2. The highest BCUT2D eigenvalue weighted by molar-refractivity contribution is 5.93. The number of allylic oxidation sites excluding steroid dienone is 2. The number of nitriles is 1. The van der Waals surface area contributed by atoms with E-state index >= 15 is 0 Å². The quantitative estimate of drug-likeness (QED) is 0.422. The number of hydrogen-bond acceptors (Lipinski definition) is 5. The minimum absolute atomic E-state index is 0.0708. The molecule has 184 valence electrons. The summed E-state index contributed by atoms with van der Waals surface area (Å²) in [5.41, 5.74) is -0.698. The van der Waals surface area contributed by atoms with Crippen LogP contribution in [0.5, 0.6) is 0 Å². The summed E-state index contributed by atoms with van der Waals surface area (Å²) in [7, 11) is 0. The molecule has 2 aliphatic carbocycles. The average molecular weight is 472 g/mol. The van der Waals surface area contributed by atoms with Crippen LogP contribution in [0.15, 0.2) is 12.2 Å². The molecule has 10 heteroatoms. The van der Waals surface area contributed by atoms with Crippen molar-refractivity contribution in [3.05, 3.63) is 12.2 Å². The van der Waals surface area contributed by atoms with Crippen LogP contribution < -0.4 is 16.0 Å². The van der Waals surface area contributed by atoms with Crippen molar-refractivity contribution in [2.45, 2.75) is 58.2 Å². The molecular formula is C24H33N5O5. The molecule has 4 rings (SSSR count). The largest absolute Gasteiger partial charge is 0.465 e. The van der Waals surface area contributed by atoms with Crippen molar-refractivity contribution < 1.29 is 24.3 Å². The summed E-state index contributed by atoms with van der Waals surface area (Å²) >= 11 is 0. The first-order valence-electron chi connectivity index (χ1n) is 12.0. The third-order valence-corrected chi connectivity index (χ3v) is 7.88. The number of nitrogens with one attached hydrogen (secondary N) is 3. The lowest BCUT2D eigenvalue weighted by Crippen LogP contribution is -2.59. The Morgan fingerprint density at radius 2 is 1.97 bits per heavy atom. The van der Waals surface area contributed by atoms with Gasteiger partial charge in [0.2, 0.25) is 17.7 Å². The van der Waals surface area contributed by atoms with Gasteiger partial charge in [-0.25, -0.2) is 4.79 Å². The standard InChI is InChI=1S/C24H33N5O5/c1-24(2,3)19(28-23(33)34)22(32)29-11-16-12-4-5-13(8-12)17(16)18(29)21(31)27-15(10-25)9-14-6-7-26-20(14)30/h4-5,12-19,28H,6-9,11H2,1-3H3,(H,26,30)(H,27,31)(H,33,34)/t12-,13+,14?,15+,16-,17+,18+,19?/m1/s1. The molecule has 0 aromatic carbocycles. The van der Waals surface area contributed by atoms with Crippen LogP contribution in [0.3, 0.4) is 0 Å². The minimum atomic E-state index is -1.30. The Balaban J connectivity index is 1.57. The fourth-order valence-corrected chi connectivity index (χ4v) is 6.27. The second-order valence-electron chi connectivity index (χ2n) is 11.1. The van der Waals surface area contributed by atoms with E-state index in [0.29, 0.717) is 19.5 Å². The molecular weight excluding hydrogens is 438 g/mol. The third kappa shape index (κ3) is 4.36. The molecule has 1 saturated carbocycles. The third-order valence-electron chi connectivity index (χ3n) is 7.88. The van der Waals surface area contributed by atoms with E-state index in [0.717, 1.165) is 6.42 Å². The van der Waals surface area contributed by atoms with Crippen molar-refractivity contribution >= 4 is 23.8 Å². The Bertz CT molecular complexity index is 950. The second kappa shape index (κ2) is 8.93. The van der Waals surface area contributed by atoms with Gasteiger partial charge in [0.15, 0.2) is 0 Å². The van der Waals surface area contributed by atoms with Gasteiger partial charge in [0.1, 0.15) is 18.1 Å². The Hall–Kier alpha value is -3.09. The van der Waals surface area contributed by atoms with Crippen LogP contribution >= 0.6 is 0 Å². The molecule has 4 aliphatic rings. The fourth-order valence-electron chi connectivity index (χ4n) is 6.27. The molecule has 3 fully saturated rings. The summed E-state index contributed by atoms with van der Waals surface area (Å²) in [6, 6.07) is -0.551. The number of rotatable bonds is 6. The summed E-state index contributed by atoms with van der Waals surface area (Å²) in [6.07, 6.45) is 4.76. The lowest BCUT2D eigenvalue weighted by Gasteiger charge is -2.36. The van der Waals surface area contributed by atoms with Gasteiger partial charge >= 0.3 is 6.09 Å². The van der Waals surface area contributed by atoms with Gasteiger partial charge in [-0.05, 0) is 48.3 Å². The zero-order valence-corrected chi connectivity index (χ0v) is 19.8. The lowest BCUT2D eigenvalue weighted by molar-refractivity contribution is -0.143. The van der Waals surface area contributed by atoms with Gasteiger partial charge in [-0.15, -0.1) is 0 Å². The van der Waals surface area contributed by atoms with Crippen molar-refractivity contribution in [2.24, 2.45) is 35.0 Å². The molecule has 4 amide bonds. The van der Waals surface area contributed by atoms with Crippen molar-refractivity contribution in [2.75, 3.05) is 13.1 Å². The monoisotopic (exact) mass is 471 g/mol. The van der Waals surface area contributed by atoms with Crippen LogP contribution in [0.1, 0.15) is 40.0 Å². The number of carbonyl (C=O) groups is 4. The first-order valence-corrected chi connectivity index (χ1v) is 12.0. The van der Waals surface area contributed by atoms with Gasteiger partial charge in [-0.3, -0.25) is 14.4 Å². The molecule has 2 bridgehead atoms. The molecule has 4 N–H and O–H groups in total. The molecule has 2 saturated heterocycles. The summed E-state index contributed by atoms with van der Waals surface area (Å²) in [5, 5.41) is 26.9. The van der Waals surface area contributed by atoms with Gasteiger partial charge in [-0.2, -0.15) is 5.26 Å². The maximum absolute atomic E-state index is 13.7. The number of nitrogens with zero attached hydrogens (tertiary/aromatic N) is 2. The van der Waals surface area contributed by atoms with Gasteiger partial charge in [0, 0.05) is 19.0 Å². The molecule has 2 aliphatic heterocycles. The number of carbonyl (C=O) groups excluding carboxylic acids is 3. The Morgan fingerprint density at radius 1 is 1.26 bits per heavy atom.